The molecule has 5 nitrogen and oxygen atoms in total. The monoisotopic (exact) mass is 416 g/mol. The zero-order valence-corrected chi connectivity index (χ0v) is 16.9. The number of piperazine rings is 1. The Balaban J connectivity index is 1.46. The fraction of sp³-hybridized carbons (Fsp3) is 0.318. The normalized spacial score (nSPS) is 15.8. The number of phenols is 1. The van der Waals surface area contributed by atoms with Gasteiger partial charge in [0, 0.05) is 66.9 Å². The first kappa shape index (κ1) is 19.9. The highest BCUT2D eigenvalue weighted by molar-refractivity contribution is 6.31. The smallest absolute Gasteiger partial charge is 0.336 e. The number of halogens is 2. The van der Waals surface area contributed by atoms with Gasteiger partial charge in [0.2, 0.25) is 0 Å². The predicted octanol–water partition coefficient (Wildman–Crippen LogP) is 3.92. The molecule has 0 aliphatic carbocycles. The third-order valence-electron chi connectivity index (χ3n) is 5.52. The molecule has 29 heavy (non-hydrogen) atoms. The Kier molecular flexibility index (Phi) is 5.58. The number of rotatable bonds is 4. The zero-order chi connectivity index (χ0) is 20.5. The van der Waals surface area contributed by atoms with Gasteiger partial charge in [0.1, 0.15) is 17.1 Å². The summed E-state index contributed by atoms with van der Waals surface area (Å²) in [7, 11) is 0. The van der Waals surface area contributed by atoms with Gasteiger partial charge in [0.25, 0.3) is 0 Å². The first-order valence-corrected chi connectivity index (χ1v) is 9.93. The van der Waals surface area contributed by atoms with E-state index >= 15 is 0 Å². The Morgan fingerprint density at radius 2 is 1.79 bits per heavy atom. The Hall–Kier alpha value is -2.41. The van der Waals surface area contributed by atoms with E-state index in [0.29, 0.717) is 34.8 Å². The van der Waals surface area contributed by atoms with Crippen molar-refractivity contribution in [1.29, 1.82) is 0 Å². The number of benzene rings is 2. The van der Waals surface area contributed by atoms with Crippen LogP contribution in [0, 0.1) is 12.7 Å². The minimum atomic E-state index is -0.422. The minimum Gasteiger partial charge on any atom is -0.508 e. The molecule has 0 saturated carbocycles. The van der Waals surface area contributed by atoms with E-state index in [1.165, 1.54) is 12.1 Å². The quantitative estimate of drug-likeness (QED) is 0.653. The fourth-order valence-corrected chi connectivity index (χ4v) is 4.02. The molecule has 1 fully saturated rings. The van der Waals surface area contributed by atoms with Gasteiger partial charge in [-0.1, -0.05) is 17.7 Å². The first-order valence-electron chi connectivity index (χ1n) is 9.55. The average molecular weight is 417 g/mol. The van der Waals surface area contributed by atoms with E-state index in [2.05, 4.69) is 9.80 Å². The first-order chi connectivity index (χ1) is 13.9. The summed E-state index contributed by atoms with van der Waals surface area (Å²) in [6.07, 6.45) is 0. The molecule has 1 saturated heterocycles. The van der Waals surface area contributed by atoms with E-state index in [1.807, 2.05) is 0 Å². The lowest BCUT2D eigenvalue weighted by molar-refractivity contribution is 0.121. The Labute approximate surface area is 172 Å². The average Bonchev–Trinajstić information content (AvgIpc) is 2.69. The molecule has 4 rings (SSSR count). The number of hydrogen-bond acceptors (Lipinski definition) is 5. The van der Waals surface area contributed by atoms with Gasteiger partial charge >= 0.3 is 5.63 Å². The Morgan fingerprint density at radius 1 is 1.10 bits per heavy atom. The molecule has 7 heteroatoms. The Morgan fingerprint density at radius 3 is 2.48 bits per heavy atom. The molecular weight excluding hydrogens is 395 g/mol. The van der Waals surface area contributed by atoms with Gasteiger partial charge in [0.05, 0.1) is 0 Å². The van der Waals surface area contributed by atoms with Crippen LogP contribution < -0.4 is 5.63 Å². The summed E-state index contributed by atoms with van der Waals surface area (Å²) >= 11 is 6.15. The summed E-state index contributed by atoms with van der Waals surface area (Å²) in [6.45, 7) is 5.98. The van der Waals surface area contributed by atoms with Crippen molar-refractivity contribution >= 4 is 22.6 Å². The largest absolute Gasteiger partial charge is 0.508 e. The van der Waals surface area contributed by atoms with Crippen LogP contribution >= 0.6 is 11.6 Å². The molecule has 2 aromatic carbocycles. The van der Waals surface area contributed by atoms with Crippen LogP contribution in [0.15, 0.2) is 45.6 Å². The highest BCUT2D eigenvalue weighted by Crippen LogP contribution is 2.28. The number of nitrogens with zero attached hydrogens (tertiary/aromatic N) is 2. The second-order valence-corrected chi connectivity index (χ2v) is 7.84. The van der Waals surface area contributed by atoms with Gasteiger partial charge in [0.15, 0.2) is 0 Å². The maximum Gasteiger partial charge on any atom is 0.336 e. The molecular formula is C22H22ClFN2O3. The molecule has 3 aromatic rings. The molecule has 0 radical (unpaired) electrons. The third-order valence-corrected chi connectivity index (χ3v) is 5.87. The van der Waals surface area contributed by atoms with Crippen LogP contribution in [-0.2, 0) is 13.1 Å². The van der Waals surface area contributed by atoms with E-state index in [4.69, 9.17) is 16.0 Å². The lowest BCUT2D eigenvalue weighted by atomic mass is 10.1. The van der Waals surface area contributed by atoms with Gasteiger partial charge in [-0.3, -0.25) is 9.80 Å². The van der Waals surface area contributed by atoms with Crippen molar-refractivity contribution in [3.8, 4) is 5.75 Å². The number of phenolic OH excluding ortho intramolecular Hbond substituents is 1. The van der Waals surface area contributed by atoms with Gasteiger partial charge in [-0.2, -0.15) is 0 Å². The van der Waals surface area contributed by atoms with Crippen molar-refractivity contribution in [3.05, 3.63) is 74.3 Å². The molecule has 2 heterocycles. The molecule has 1 aliphatic heterocycles. The minimum absolute atomic E-state index is 0.109. The van der Waals surface area contributed by atoms with Crippen LogP contribution in [0.3, 0.4) is 0 Å². The van der Waals surface area contributed by atoms with E-state index in [9.17, 15) is 14.3 Å². The lowest BCUT2D eigenvalue weighted by Gasteiger charge is -2.35. The molecule has 0 bridgehead atoms. The van der Waals surface area contributed by atoms with Crippen molar-refractivity contribution in [1.82, 2.24) is 9.80 Å². The zero-order valence-electron chi connectivity index (χ0n) is 16.1. The topological polar surface area (TPSA) is 56.9 Å². The molecule has 0 atom stereocenters. The standard InChI is InChI=1S/C22H22ClFN2O3/c1-14-20(27)6-5-16-15(11-21(28)29-22(14)16)12-25-7-9-26(10-8-25)13-17-18(23)3-2-4-19(17)24/h2-6,11,27H,7-10,12-13H2,1H3. The summed E-state index contributed by atoms with van der Waals surface area (Å²) in [6, 6.07) is 9.68. The maximum atomic E-state index is 14.0. The SMILES string of the molecule is Cc1c(O)ccc2c(CN3CCN(Cc4c(F)cccc4Cl)CC3)cc(=O)oc12. The molecule has 0 amide bonds. The highest BCUT2D eigenvalue weighted by atomic mass is 35.5. The van der Waals surface area contributed by atoms with Crippen molar-refractivity contribution in [2.24, 2.45) is 0 Å². The predicted molar refractivity (Wildman–Crippen MR) is 111 cm³/mol. The summed E-state index contributed by atoms with van der Waals surface area (Å²) in [5.41, 5.74) is 1.98. The second kappa shape index (κ2) is 8.14. The Bertz CT molecular complexity index is 1090. The number of aromatic hydroxyl groups is 1. The summed E-state index contributed by atoms with van der Waals surface area (Å²) in [5, 5.41) is 11.2. The van der Waals surface area contributed by atoms with Crippen molar-refractivity contribution < 1.29 is 13.9 Å². The molecule has 1 aliphatic rings. The molecule has 1 N–H and O–H groups in total. The summed E-state index contributed by atoms with van der Waals surface area (Å²) in [4.78, 5) is 16.4. The van der Waals surface area contributed by atoms with Crippen LogP contribution in [0.1, 0.15) is 16.7 Å². The van der Waals surface area contributed by atoms with E-state index < -0.39 is 5.63 Å². The van der Waals surface area contributed by atoms with Crippen molar-refractivity contribution in [3.63, 3.8) is 0 Å². The van der Waals surface area contributed by atoms with Crippen LogP contribution in [0.2, 0.25) is 5.02 Å². The van der Waals surface area contributed by atoms with E-state index in [-0.39, 0.29) is 11.6 Å². The van der Waals surface area contributed by atoms with Crippen LogP contribution in [0.25, 0.3) is 11.0 Å². The molecule has 152 valence electrons. The van der Waals surface area contributed by atoms with Crippen molar-refractivity contribution in [2.75, 3.05) is 26.2 Å². The van der Waals surface area contributed by atoms with Gasteiger partial charge in [-0.15, -0.1) is 0 Å². The fourth-order valence-electron chi connectivity index (χ4n) is 3.80. The van der Waals surface area contributed by atoms with E-state index in [0.717, 1.165) is 37.1 Å². The van der Waals surface area contributed by atoms with Crippen molar-refractivity contribution in [2.45, 2.75) is 20.0 Å². The number of fused-ring (bicyclic) bond motifs is 1. The van der Waals surface area contributed by atoms with Gasteiger partial charge < -0.3 is 9.52 Å². The van der Waals surface area contributed by atoms with Gasteiger partial charge in [-0.05, 0) is 36.8 Å². The van der Waals surface area contributed by atoms with Gasteiger partial charge in [-0.25, -0.2) is 9.18 Å². The summed E-state index contributed by atoms with van der Waals surface area (Å²) < 4.78 is 19.4. The van der Waals surface area contributed by atoms with Crippen LogP contribution in [0.5, 0.6) is 5.75 Å². The van der Waals surface area contributed by atoms with Crippen LogP contribution in [0.4, 0.5) is 4.39 Å². The third kappa shape index (κ3) is 4.15. The van der Waals surface area contributed by atoms with E-state index in [1.54, 1.807) is 31.2 Å². The van der Waals surface area contributed by atoms with Crippen LogP contribution in [-0.4, -0.2) is 41.1 Å². The lowest BCUT2D eigenvalue weighted by Crippen LogP contribution is -2.45. The molecule has 1 aromatic heterocycles. The number of hydrogen-bond donors (Lipinski definition) is 1. The molecule has 0 spiro atoms. The maximum absolute atomic E-state index is 14.0. The molecule has 0 unspecified atom stereocenters. The second-order valence-electron chi connectivity index (χ2n) is 7.43. The number of aryl methyl sites for hydroxylation is 1. The highest BCUT2D eigenvalue weighted by Gasteiger charge is 2.21. The summed E-state index contributed by atoms with van der Waals surface area (Å²) in [5.74, 6) is -0.167.